The van der Waals surface area contributed by atoms with Crippen LogP contribution >= 0.6 is 46.9 Å². The molecule has 24 heavy (non-hydrogen) atoms. The van der Waals surface area contributed by atoms with E-state index in [0.717, 1.165) is 42.8 Å². The molecule has 0 amide bonds. The van der Waals surface area contributed by atoms with Gasteiger partial charge in [-0.1, -0.05) is 25.4 Å². The summed E-state index contributed by atoms with van der Waals surface area (Å²) in [7, 11) is 1.82. The molecule has 0 aromatic carbocycles. The summed E-state index contributed by atoms with van der Waals surface area (Å²) in [5.41, 5.74) is 0. The maximum absolute atomic E-state index is 5.95. The lowest BCUT2D eigenvalue weighted by atomic mass is 10.2. The van der Waals surface area contributed by atoms with Crippen LogP contribution in [0.4, 0.5) is 0 Å². The standard InChI is InChI=1S/C17H31ClN4S.HI/c1-5-22(6-2)13-7-8-14(3)21-17(19-4)20-12-11-15-9-10-16(18)23-15;/h9-10,14H,5-8,11-13H2,1-4H3,(H2,19,20,21);1H. The first kappa shape index (κ1) is 23.9. The van der Waals surface area contributed by atoms with Gasteiger partial charge in [0.15, 0.2) is 5.96 Å². The summed E-state index contributed by atoms with van der Waals surface area (Å²) in [6.07, 6.45) is 3.33. The first-order chi connectivity index (χ1) is 11.1. The molecular formula is C17H32ClIN4S. The molecule has 0 saturated heterocycles. The number of hydrogen-bond donors (Lipinski definition) is 2. The van der Waals surface area contributed by atoms with Gasteiger partial charge in [-0.3, -0.25) is 4.99 Å². The maximum atomic E-state index is 5.95. The van der Waals surface area contributed by atoms with Gasteiger partial charge in [0, 0.05) is 24.5 Å². The van der Waals surface area contributed by atoms with Crippen LogP contribution < -0.4 is 10.6 Å². The van der Waals surface area contributed by atoms with Gasteiger partial charge in [-0.2, -0.15) is 0 Å². The molecule has 140 valence electrons. The first-order valence-electron chi connectivity index (χ1n) is 8.52. The highest BCUT2D eigenvalue weighted by atomic mass is 127. The molecule has 1 rings (SSSR count). The topological polar surface area (TPSA) is 39.7 Å². The number of nitrogens with zero attached hydrogens (tertiary/aromatic N) is 2. The van der Waals surface area contributed by atoms with Gasteiger partial charge in [0.1, 0.15) is 0 Å². The van der Waals surface area contributed by atoms with Crippen LogP contribution in [0.2, 0.25) is 4.34 Å². The van der Waals surface area contributed by atoms with Crippen molar-refractivity contribution in [2.24, 2.45) is 4.99 Å². The summed E-state index contributed by atoms with van der Waals surface area (Å²) in [5, 5.41) is 6.84. The molecule has 0 aliphatic carbocycles. The van der Waals surface area contributed by atoms with E-state index in [0.29, 0.717) is 6.04 Å². The summed E-state index contributed by atoms with van der Waals surface area (Å²) in [5.74, 6) is 0.878. The van der Waals surface area contributed by atoms with Crippen LogP contribution in [-0.2, 0) is 6.42 Å². The van der Waals surface area contributed by atoms with Crippen molar-refractivity contribution in [2.75, 3.05) is 33.2 Å². The van der Waals surface area contributed by atoms with Gasteiger partial charge >= 0.3 is 0 Å². The van der Waals surface area contributed by atoms with Crippen molar-refractivity contribution in [3.63, 3.8) is 0 Å². The number of guanidine groups is 1. The molecule has 0 bridgehead atoms. The third kappa shape index (κ3) is 10.1. The van der Waals surface area contributed by atoms with Crippen molar-refractivity contribution in [2.45, 2.75) is 46.1 Å². The fourth-order valence-electron chi connectivity index (χ4n) is 2.45. The quantitative estimate of drug-likeness (QED) is 0.295. The molecule has 1 unspecified atom stereocenters. The van der Waals surface area contributed by atoms with Gasteiger partial charge in [-0.15, -0.1) is 35.3 Å². The molecule has 7 heteroatoms. The fraction of sp³-hybridized carbons (Fsp3) is 0.706. The Bertz CT molecular complexity index is 463. The van der Waals surface area contributed by atoms with Crippen molar-refractivity contribution in [3.05, 3.63) is 21.3 Å². The van der Waals surface area contributed by atoms with Crippen LogP contribution in [0.1, 0.15) is 38.5 Å². The number of aliphatic imine (C=N–C) groups is 1. The normalized spacial score (nSPS) is 12.8. The van der Waals surface area contributed by atoms with E-state index < -0.39 is 0 Å². The van der Waals surface area contributed by atoms with Crippen molar-refractivity contribution < 1.29 is 0 Å². The van der Waals surface area contributed by atoms with E-state index in [2.05, 4.69) is 47.4 Å². The Morgan fingerprint density at radius 1 is 1.33 bits per heavy atom. The molecule has 4 nitrogen and oxygen atoms in total. The summed E-state index contributed by atoms with van der Waals surface area (Å²) in [6.45, 7) is 11.0. The monoisotopic (exact) mass is 486 g/mol. The average molecular weight is 487 g/mol. The Morgan fingerprint density at radius 2 is 2.04 bits per heavy atom. The summed E-state index contributed by atoms with van der Waals surface area (Å²) in [4.78, 5) is 8.06. The molecule has 0 fully saturated rings. The van der Waals surface area contributed by atoms with Gasteiger partial charge < -0.3 is 15.5 Å². The van der Waals surface area contributed by atoms with Crippen LogP contribution in [0, 0.1) is 0 Å². The average Bonchev–Trinajstić information content (AvgIpc) is 2.96. The number of thiophene rings is 1. The maximum Gasteiger partial charge on any atom is 0.191 e. The smallest absolute Gasteiger partial charge is 0.191 e. The van der Waals surface area contributed by atoms with Gasteiger partial charge in [0.25, 0.3) is 0 Å². The third-order valence-electron chi connectivity index (χ3n) is 3.91. The van der Waals surface area contributed by atoms with E-state index in [1.165, 1.54) is 17.8 Å². The zero-order valence-corrected chi connectivity index (χ0v) is 19.2. The SMILES string of the molecule is CCN(CC)CCCC(C)NC(=NC)NCCc1ccc(Cl)s1.I. The zero-order chi connectivity index (χ0) is 17.1. The molecule has 1 heterocycles. The van der Waals surface area contributed by atoms with Crippen LogP contribution in [0.5, 0.6) is 0 Å². The van der Waals surface area contributed by atoms with E-state index in [4.69, 9.17) is 11.6 Å². The van der Waals surface area contributed by atoms with E-state index in [-0.39, 0.29) is 24.0 Å². The molecular weight excluding hydrogens is 455 g/mol. The Kier molecular flexibility index (Phi) is 14.1. The second-order valence-electron chi connectivity index (χ2n) is 5.67. The van der Waals surface area contributed by atoms with E-state index >= 15 is 0 Å². The molecule has 1 aromatic heterocycles. The highest BCUT2D eigenvalue weighted by Crippen LogP contribution is 2.21. The predicted molar refractivity (Wildman–Crippen MR) is 119 cm³/mol. The second-order valence-corrected chi connectivity index (χ2v) is 7.47. The van der Waals surface area contributed by atoms with Gasteiger partial charge in [-0.05, 0) is 58.0 Å². The molecule has 1 atom stereocenters. The Hall–Kier alpha value is -0.0500. The number of nitrogens with one attached hydrogen (secondary N) is 2. The van der Waals surface area contributed by atoms with Gasteiger partial charge in [0.05, 0.1) is 4.34 Å². The van der Waals surface area contributed by atoms with Crippen LogP contribution in [0.15, 0.2) is 17.1 Å². The van der Waals surface area contributed by atoms with Gasteiger partial charge in [0.2, 0.25) is 0 Å². The third-order valence-corrected chi connectivity index (χ3v) is 5.20. The van der Waals surface area contributed by atoms with E-state index in [1.54, 1.807) is 11.3 Å². The van der Waals surface area contributed by atoms with Crippen molar-refractivity contribution in [3.8, 4) is 0 Å². The van der Waals surface area contributed by atoms with Crippen molar-refractivity contribution >= 4 is 52.9 Å². The van der Waals surface area contributed by atoms with Crippen molar-refractivity contribution in [1.29, 1.82) is 0 Å². The molecule has 2 N–H and O–H groups in total. The first-order valence-corrected chi connectivity index (χ1v) is 9.72. The number of hydrogen-bond acceptors (Lipinski definition) is 3. The zero-order valence-electron chi connectivity index (χ0n) is 15.3. The highest BCUT2D eigenvalue weighted by molar-refractivity contribution is 14.0. The minimum Gasteiger partial charge on any atom is -0.356 e. The lowest BCUT2D eigenvalue weighted by Gasteiger charge is -2.21. The lowest BCUT2D eigenvalue weighted by molar-refractivity contribution is 0.292. The summed E-state index contributed by atoms with van der Waals surface area (Å²) >= 11 is 7.59. The predicted octanol–water partition coefficient (Wildman–Crippen LogP) is 4.24. The minimum absolute atomic E-state index is 0. The fourth-order valence-corrected chi connectivity index (χ4v) is 3.54. The second kappa shape index (κ2) is 14.2. The summed E-state index contributed by atoms with van der Waals surface area (Å²) < 4.78 is 0.851. The Morgan fingerprint density at radius 3 is 2.58 bits per heavy atom. The molecule has 0 spiro atoms. The van der Waals surface area contributed by atoms with Gasteiger partial charge in [-0.25, -0.2) is 0 Å². The largest absolute Gasteiger partial charge is 0.356 e. The van der Waals surface area contributed by atoms with Crippen LogP contribution in [0.25, 0.3) is 0 Å². The van der Waals surface area contributed by atoms with Crippen LogP contribution in [-0.4, -0.2) is 50.1 Å². The Balaban J connectivity index is 0.00000529. The molecule has 0 saturated carbocycles. The van der Waals surface area contributed by atoms with Crippen LogP contribution in [0.3, 0.4) is 0 Å². The molecule has 1 aromatic rings. The summed E-state index contributed by atoms with van der Waals surface area (Å²) in [6, 6.07) is 4.46. The Labute approximate surface area is 173 Å². The van der Waals surface area contributed by atoms with E-state index in [9.17, 15) is 0 Å². The number of halogens is 2. The van der Waals surface area contributed by atoms with E-state index in [1.807, 2.05) is 13.1 Å². The minimum atomic E-state index is 0. The highest BCUT2D eigenvalue weighted by Gasteiger charge is 2.06. The molecule has 0 radical (unpaired) electrons. The van der Waals surface area contributed by atoms with Crippen molar-refractivity contribution in [1.82, 2.24) is 15.5 Å². The molecule has 0 aliphatic rings. The lowest BCUT2D eigenvalue weighted by Crippen LogP contribution is -2.43. The number of rotatable bonds is 10. The molecule has 0 aliphatic heterocycles.